The number of hydrogen-bond acceptors (Lipinski definition) is 16. The molecule has 4 aromatic carbocycles. The second kappa shape index (κ2) is 28.3. The summed E-state index contributed by atoms with van der Waals surface area (Å²) in [5, 5.41) is 21.0. The van der Waals surface area contributed by atoms with Gasteiger partial charge < -0.3 is 35.0 Å². The fraction of sp³-hybridized carbons (Fsp3) is 0.388. The SMILES string of the molecule is COC(=O)c1nc(N2CCc3cccc(C(=O)Nc4nc5ccccc5s4)c3C2)sc1CCCOc1ccc(-c2ccc(CCCCCCCC(=O)N[C@H](C(=O)N3C[C@H](O)C[C@H]3C(=O)N[C@@H](C)c3ccc(-c4scnc4C)cc3)C(C)(C)C)cn2)cc1. The van der Waals surface area contributed by atoms with Gasteiger partial charge in [0.25, 0.3) is 5.91 Å². The maximum Gasteiger partial charge on any atom is 0.357 e. The number of para-hydroxylation sites is 1. The molecule has 0 spiro atoms. The molecule has 6 heterocycles. The zero-order chi connectivity index (χ0) is 61.2. The first-order chi connectivity index (χ1) is 42.0. The zero-order valence-corrected chi connectivity index (χ0v) is 52.5. The molecule has 4 atom stereocenters. The Balaban J connectivity index is 0.627. The minimum absolute atomic E-state index is 0.0180. The molecule has 0 unspecified atom stereocenters. The van der Waals surface area contributed by atoms with Crippen LogP contribution in [0.1, 0.15) is 139 Å². The molecule has 0 saturated carbocycles. The van der Waals surface area contributed by atoms with Gasteiger partial charge >= 0.3 is 5.97 Å². The van der Waals surface area contributed by atoms with Crippen LogP contribution in [0.15, 0.2) is 115 Å². The van der Waals surface area contributed by atoms with E-state index in [4.69, 9.17) is 19.4 Å². The van der Waals surface area contributed by atoms with Crippen molar-refractivity contribution in [3.05, 3.63) is 159 Å². The van der Waals surface area contributed by atoms with Crippen LogP contribution in [0.25, 0.3) is 31.9 Å². The molecule has 4 amide bonds. The highest BCUT2D eigenvalue weighted by Gasteiger charge is 2.45. The summed E-state index contributed by atoms with van der Waals surface area (Å²) in [4.78, 5) is 91.9. The van der Waals surface area contributed by atoms with Crippen LogP contribution >= 0.6 is 34.0 Å². The predicted molar refractivity (Wildman–Crippen MR) is 343 cm³/mol. The molecule has 0 aliphatic carbocycles. The summed E-state index contributed by atoms with van der Waals surface area (Å²) in [5.41, 5.74) is 10.9. The minimum Gasteiger partial charge on any atom is -0.494 e. The Morgan fingerprint density at radius 1 is 0.816 bits per heavy atom. The summed E-state index contributed by atoms with van der Waals surface area (Å²) in [7, 11) is 1.36. The van der Waals surface area contributed by atoms with Crippen molar-refractivity contribution in [3.63, 3.8) is 0 Å². The summed E-state index contributed by atoms with van der Waals surface area (Å²) in [5.74, 6) is -0.880. The Morgan fingerprint density at radius 2 is 1.59 bits per heavy atom. The molecule has 10 rings (SSSR count). The second-order valence-electron chi connectivity index (χ2n) is 23.5. The van der Waals surface area contributed by atoms with Gasteiger partial charge in [0.2, 0.25) is 17.7 Å². The van der Waals surface area contributed by atoms with Crippen LogP contribution in [0.3, 0.4) is 0 Å². The lowest BCUT2D eigenvalue weighted by Crippen LogP contribution is -2.57. The van der Waals surface area contributed by atoms with Crippen molar-refractivity contribution >= 4 is 84.1 Å². The molecule has 0 bridgehead atoms. The Hall–Kier alpha value is -7.91. The lowest BCUT2D eigenvalue weighted by Gasteiger charge is -2.35. The summed E-state index contributed by atoms with van der Waals surface area (Å²) < 4.78 is 12.3. The number of likely N-dealkylation sites (tertiary alicyclic amines) is 1. The van der Waals surface area contributed by atoms with E-state index >= 15 is 0 Å². The number of carbonyl (C=O) groups excluding carboxylic acids is 5. The average molecular weight is 1230 g/mol. The van der Waals surface area contributed by atoms with Crippen LogP contribution in [0.5, 0.6) is 5.75 Å². The normalized spacial score (nSPS) is 15.6. The van der Waals surface area contributed by atoms with Crippen molar-refractivity contribution in [1.82, 2.24) is 35.5 Å². The molecule has 4 N–H and O–H groups in total. The first kappa shape index (κ1) is 62.2. The fourth-order valence-electron chi connectivity index (χ4n) is 11.2. The van der Waals surface area contributed by atoms with E-state index in [0.29, 0.717) is 60.5 Å². The van der Waals surface area contributed by atoms with Crippen LogP contribution in [0.4, 0.5) is 10.3 Å². The third-order valence-electron chi connectivity index (χ3n) is 16.1. The molecule has 4 aromatic heterocycles. The molecule has 454 valence electrons. The van der Waals surface area contributed by atoms with Gasteiger partial charge in [-0.3, -0.25) is 29.5 Å². The van der Waals surface area contributed by atoms with Crippen molar-refractivity contribution in [2.24, 2.45) is 5.41 Å². The smallest absolute Gasteiger partial charge is 0.357 e. The number of benzene rings is 4. The fourth-order valence-corrected chi connectivity index (χ4v) is 14.0. The van der Waals surface area contributed by atoms with Gasteiger partial charge in [-0.15, -0.1) is 22.7 Å². The zero-order valence-electron chi connectivity index (χ0n) is 50.1. The standard InChI is InChI=1S/C67H75N9O8S3/c1-41(44-24-26-47(27-25-44)59-42(2)69-40-85-59)70-62(80)54-36-48(77)38-76(54)63(81)60(67(3,4)5)72-57(78)22-11-9-7-8-10-16-43-23-32-52(68-37-43)46-28-30-49(31-29-46)84-35-15-21-56-58(64(82)83-6)73-66(87-56)75-34-33-45-17-14-18-50(51(45)39-75)61(79)74-65-71-53-19-12-13-20-55(53)86-65/h12-14,17-20,23-32,37,40-41,48,54,60,77H,7-11,15-16,21-22,33-36,38-39H2,1-6H3,(H,70,80)(H,72,78)(H,71,74,79)/t41-,48+,54-,60+/m0/s1. The number of β-amino-alcohol motifs (C(OH)–C–C–N with tert-alkyl or cyclic N) is 1. The van der Waals surface area contributed by atoms with E-state index < -0.39 is 29.6 Å². The molecule has 20 heteroatoms. The van der Waals surface area contributed by atoms with Gasteiger partial charge in [-0.25, -0.2) is 19.7 Å². The largest absolute Gasteiger partial charge is 0.494 e. The third kappa shape index (κ3) is 15.4. The number of pyridine rings is 1. The quantitative estimate of drug-likeness (QED) is 0.0327. The number of rotatable bonds is 24. The predicted octanol–water partition coefficient (Wildman–Crippen LogP) is 12.1. The van der Waals surface area contributed by atoms with E-state index in [-0.39, 0.29) is 49.1 Å². The number of fused-ring (bicyclic) bond motifs is 2. The first-order valence-corrected chi connectivity index (χ1v) is 32.4. The van der Waals surface area contributed by atoms with Crippen molar-refractivity contribution in [1.29, 1.82) is 0 Å². The van der Waals surface area contributed by atoms with Crippen LogP contribution in [0.2, 0.25) is 0 Å². The lowest BCUT2D eigenvalue weighted by molar-refractivity contribution is -0.144. The number of hydrogen-bond donors (Lipinski definition) is 4. The number of nitrogens with one attached hydrogen (secondary N) is 3. The number of aliphatic hydroxyl groups is 1. The minimum atomic E-state index is -0.873. The molecule has 2 aliphatic rings. The third-order valence-corrected chi connectivity index (χ3v) is 19.2. The summed E-state index contributed by atoms with van der Waals surface area (Å²) in [6, 6.07) is 31.6. The molecular weight excluding hydrogens is 1150 g/mol. The molecule has 1 saturated heterocycles. The lowest BCUT2D eigenvalue weighted by atomic mass is 9.85. The Kier molecular flexibility index (Phi) is 20.2. The van der Waals surface area contributed by atoms with Gasteiger partial charge in [-0.1, -0.05) is 106 Å². The number of amides is 4. The van der Waals surface area contributed by atoms with Crippen LogP contribution in [-0.2, 0) is 44.9 Å². The van der Waals surface area contributed by atoms with E-state index in [2.05, 4.69) is 43.0 Å². The molecule has 2 aliphatic heterocycles. The van der Waals surface area contributed by atoms with E-state index in [9.17, 15) is 29.1 Å². The summed E-state index contributed by atoms with van der Waals surface area (Å²) in [6.07, 6.45) is 8.87. The number of carbonyl (C=O) groups is 5. The first-order valence-electron chi connectivity index (χ1n) is 29.9. The van der Waals surface area contributed by atoms with E-state index in [1.54, 1.807) is 11.3 Å². The van der Waals surface area contributed by atoms with Crippen LogP contribution in [-0.4, -0.2) is 105 Å². The van der Waals surface area contributed by atoms with Gasteiger partial charge in [0.05, 0.1) is 57.9 Å². The highest BCUT2D eigenvalue weighted by atomic mass is 32.1. The number of ether oxygens (including phenoxy) is 2. The van der Waals surface area contributed by atoms with Gasteiger partial charge in [-0.2, -0.15) is 0 Å². The Labute approximate surface area is 520 Å². The second-order valence-corrected chi connectivity index (χ2v) is 26.4. The number of unbranched alkanes of at least 4 members (excludes halogenated alkanes) is 4. The number of aliphatic hydroxyl groups excluding tert-OH is 1. The summed E-state index contributed by atoms with van der Waals surface area (Å²) in [6.45, 7) is 11.2. The van der Waals surface area contributed by atoms with E-state index in [1.165, 1.54) is 34.7 Å². The van der Waals surface area contributed by atoms with Crippen LogP contribution < -0.4 is 25.6 Å². The topological polar surface area (TPSA) is 218 Å². The maximum atomic E-state index is 14.2. The van der Waals surface area contributed by atoms with E-state index in [1.807, 2.05) is 137 Å². The van der Waals surface area contributed by atoms with Gasteiger partial charge in [0, 0.05) is 54.7 Å². The number of esters is 1. The summed E-state index contributed by atoms with van der Waals surface area (Å²) >= 11 is 4.50. The molecule has 0 radical (unpaired) electrons. The number of aromatic nitrogens is 4. The number of nitrogens with zero attached hydrogens (tertiary/aromatic N) is 6. The van der Waals surface area contributed by atoms with Gasteiger partial charge in [-0.05, 0) is 134 Å². The highest BCUT2D eigenvalue weighted by Crippen LogP contribution is 2.35. The van der Waals surface area contributed by atoms with Crippen molar-refractivity contribution in [3.8, 4) is 27.4 Å². The number of methoxy groups -OCH3 is 1. The van der Waals surface area contributed by atoms with Gasteiger partial charge in [0.15, 0.2) is 16.0 Å². The molecule has 87 heavy (non-hydrogen) atoms. The maximum absolute atomic E-state index is 14.2. The molecule has 17 nitrogen and oxygen atoms in total. The van der Waals surface area contributed by atoms with Crippen molar-refractivity contribution in [2.75, 3.05) is 37.0 Å². The molecule has 8 aromatic rings. The molecular formula is C67H75N9O8S3. The Morgan fingerprint density at radius 3 is 2.32 bits per heavy atom. The monoisotopic (exact) mass is 1230 g/mol. The van der Waals surface area contributed by atoms with Gasteiger partial charge in [0.1, 0.15) is 17.8 Å². The average Bonchev–Trinajstić information content (AvgIpc) is 2.24. The molecule has 1 fully saturated rings. The van der Waals surface area contributed by atoms with Crippen molar-refractivity contribution in [2.45, 2.75) is 136 Å². The number of thiazole rings is 3. The van der Waals surface area contributed by atoms with E-state index in [0.717, 1.165) is 109 Å². The number of anilines is 2. The number of aryl methyl sites for hydroxylation is 3. The van der Waals surface area contributed by atoms with Crippen LogP contribution in [0, 0.1) is 12.3 Å². The Bertz CT molecular complexity index is 3670. The van der Waals surface area contributed by atoms with Crippen molar-refractivity contribution < 1.29 is 38.6 Å². The highest BCUT2D eigenvalue weighted by molar-refractivity contribution is 7.22.